The molecular weight excluding hydrogens is 923 g/mol. The third-order valence-electron chi connectivity index (χ3n) is 10.3. The minimum Gasteiger partial charge on any atom is -0.508 e. The number of amides is 8. The second kappa shape index (κ2) is 27.0. The minimum atomic E-state index is -2.04. The number of carboxylic acids is 2. The number of phenols is 2. The van der Waals surface area contributed by atoms with Gasteiger partial charge in [-0.15, -0.1) is 0 Å². The zero-order valence-corrected chi connectivity index (χ0v) is 37.9. The first-order chi connectivity index (χ1) is 33.0. The van der Waals surface area contributed by atoms with E-state index in [0.29, 0.717) is 16.7 Å². The van der Waals surface area contributed by atoms with Gasteiger partial charge in [-0.25, -0.2) is 4.79 Å². The van der Waals surface area contributed by atoms with Gasteiger partial charge in [0.15, 0.2) is 0 Å². The van der Waals surface area contributed by atoms with Crippen LogP contribution in [0.1, 0.15) is 43.4 Å². The molecule has 0 radical (unpaired) electrons. The van der Waals surface area contributed by atoms with E-state index >= 15 is 0 Å². The van der Waals surface area contributed by atoms with Crippen molar-refractivity contribution >= 4 is 59.2 Å². The Morgan fingerprint density at radius 3 is 1.21 bits per heavy atom. The van der Waals surface area contributed by atoms with Crippen LogP contribution in [0.2, 0.25) is 0 Å². The number of phenolic OH excluding ortho intramolecular Hbond substituents is 2. The summed E-state index contributed by atoms with van der Waals surface area (Å²) in [6.45, 7) is 1.70. The lowest BCUT2D eigenvalue weighted by Gasteiger charge is -2.29. The maximum atomic E-state index is 14.1. The number of carboxylic acid groups (broad SMARTS) is 2. The number of hydrogen-bond donors (Lipinski definition) is 15. The minimum absolute atomic E-state index is 0.0722. The average molecular weight is 980 g/mol. The van der Waals surface area contributed by atoms with Gasteiger partial charge < -0.3 is 79.3 Å². The van der Waals surface area contributed by atoms with Gasteiger partial charge in [-0.05, 0) is 54.8 Å². The maximum Gasteiger partial charge on any atom is 0.326 e. The van der Waals surface area contributed by atoms with Crippen LogP contribution in [0.5, 0.6) is 11.5 Å². The van der Waals surface area contributed by atoms with Gasteiger partial charge in [0, 0.05) is 19.3 Å². The van der Waals surface area contributed by atoms with Crippen molar-refractivity contribution in [3.05, 3.63) is 95.6 Å². The fourth-order valence-corrected chi connectivity index (χ4v) is 6.64. The van der Waals surface area contributed by atoms with Crippen LogP contribution in [-0.2, 0) is 67.2 Å². The standard InChI is InChI=1S/C45H57N9O16/c1-22(55)37(53-41(65)29(48-35(60)21-46)17-25-8-12-27(57)13-9-25)43(67)50-31(16-24-6-4-3-5-7-24)42(66)54-38(23(2)56)44(68)51-32(20-36(61)62)40(64)49-30(18-26-10-14-28(58)15-11-26)39(63)52-33(45(69)70)19-34(47)59/h3-15,22-23,29-33,37-38,55-58H,16-21,46H2,1-2H3,(H2,47,59)(H,48,60)(H,49,64)(H,50,67)(H,51,68)(H,52,63)(H,53,65)(H,54,66)(H,61,62)(H,69,70)/t22-,23-,29+,30+,31+,32+,33+,37+,38+/m1/s1. The van der Waals surface area contributed by atoms with Crippen LogP contribution >= 0.6 is 0 Å². The number of aromatic hydroxyl groups is 2. The summed E-state index contributed by atoms with van der Waals surface area (Å²) in [5.74, 6) is -12.4. The molecule has 9 atom stereocenters. The summed E-state index contributed by atoms with van der Waals surface area (Å²) in [7, 11) is 0. The second-order valence-corrected chi connectivity index (χ2v) is 16.1. The Morgan fingerprint density at radius 2 is 0.829 bits per heavy atom. The highest BCUT2D eigenvalue weighted by Crippen LogP contribution is 2.14. The molecule has 0 spiro atoms. The summed E-state index contributed by atoms with van der Waals surface area (Å²) >= 11 is 0. The number of nitrogens with one attached hydrogen (secondary N) is 7. The molecule has 25 heteroatoms. The number of rotatable bonds is 27. The third-order valence-corrected chi connectivity index (χ3v) is 10.3. The first-order valence-corrected chi connectivity index (χ1v) is 21.5. The van der Waals surface area contributed by atoms with Crippen LogP contribution in [0, 0.1) is 0 Å². The number of aliphatic hydroxyl groups excluding tert-OH is 2. The predicted molar refractivity (Wildman–Crippen MR) is 243 cm³/mol. The highest BCUT2D eigenvalue weighted by molar-refractivity contribution is 5.99. The Hall–Kier alpha value is -8.16. The highest BCUT2D eigenvalue weighted by atomic mass is 16.4. The summed E-state index contributed by atoms with van der Waals surface area (Å²) in [6, 6.07) is 6.51. The number of nitrogens with two attached hydrogens (primary N) is 2. The predicted octanol–water partition coefficient (Wildman–Crippen LogP) is -4.33. The summed E-state index contributed by atoms with van der Waals surface area (Å²) in [5.41, 5.74) is 11.8. The fraction of sp³-hybridized carbons (Fsp3) is 0.378. The Balaban J connectivity index is 1.90. The third kappa shape index (κ3) is 18.5. The molecule has 0 aliphatic carbocycles. The zero-order valence-electron chi connectivity index (χ0n) is 37.9. The Morgan fingerprint density at radius 1 is 0.471 bits per heavy atom. The molecule has 25 nitrogen and oxygen atoms in total. The largest absolute Gasteiger partial charge is 0.508 e. The first kappa shape index (κ1) is 56.2. The lowest BCUT2D eigenvalue weighted by Crippen LogP contribution is -2.63. The van der Waals surface area contributed by atoms with Crippen molar-refractivity contribution in [2.45, 2.75) is 100 Å². The number of hydrogen-bond acceptors (Lipinski definition) is 15. The number of aliphatic carboxylic acids is 2. The first-order valence-electron chi connectivity index (χ1n) is 21.5. The van der Waals surface area contributed by atoms with Gasteiger partial charge in [0.05, 0.1) is 31.6 Å². The van der Waals surface area contributed by atoms with Crippen molar-refractivity contribution in [3.8, 4) is 11.5 Å². The van der Waals surface area contributed by atoms with Crippen molar-refractivity contribution in [2.75, 3.05) is 6.54 Å². The van der Waals surface area contributed by atoms with E-state index < -0.39 is 140 Å². The Kier molecular flexibility index (Phi) is 21.7. The van der Waals surface area contributed by atoms with Crippen LogP contribution in [0.4, 0.5) is 0 Å². The SMILES string of the molecule is C[C@@H](O)[C@H](NC(=O)[C@H](Cc1ccccc1)NC(=O)[C@@H](NC(=O)[C@H](Cc1ccc(O)cc1)NC(=O)CN)[C@@H](C)O)C(=O)N[C@@H](CC(=O)O)C(=O)N[C@@H](Cc1ccc(O)cc1)C(=O)N[C@@H](CC(N)=O)C(=O)O. The van der Waals surface area contributed by atoms with E-state index in [4.69, 9.17) is 11.5 Å². The summed E-state index contributed by atoms with van der Waals surface area (Å²) < 4.78 is 0. The Bertz CT molecular complexity index is 2330. The molecule has 378 valence electrons. The molecule has 0 unspecified atom stereocenters. The van der Waals surface area contributed by atoms with Crippen molar-refractivity contribution in [3.63, 3.8) is 0 Å². The van der Waals surface area contributed by atoms with E-state index in [1.54, 1.807) is 30.3 Å². The Labute approximate surface area is 399 Å². The molecule has 3 aromatic rings. The highest BCUT2D eigenvalue weighted by Gasteiger charge is 2.37. The average Bonchev–Trinajstić information content (AvgIpc) is 3.29. The molecule has 8 amide bonds. The number of primary amides is 1. The van der Waals surface area contributed by atoms with E-state index in [1.165, 1.54) is 48.5 Å². The van der Waals surface area contributed by atoms with Gasteiger partial charge in [0.1, 0.15) is 53.8 Å². The topological polar surface area (TPSA) is 428 Å². The normalized spacial score (nSPS) is 14.8. The molecule has 70 heavy (non-hydrogen) atoms. The lowest BCUT2D eigenvalue weighted by molar-refractivity contribution is -0.144. The number of carbonyl (C=O) groups excluding carboxylic acids is 8. The van der Waals surface area contributed by atoms with Crippen LogP contribution < -0.4 is 48.7 Å². The second-order valence-electron chi connectivity index (χ2n) is 16.1. The summed E-state index contributed by atoms with van der Waals surface area (Å²) in [5, 5.41) is 76.1. The summed E-state index contributed by atoms with van der Waals surface area (Å²) in [6.07, 6.45) is -6.24. The van der Waals surface area contributed by atoms with Gasteiger partial charge in [0.25, 0.3) is 0 Å². The molecule has 0 aliphatic rings. The van der Waals surface area contributed by atoms with E-state index in [-0.39, 0.29) is 24.3 Å². The van der Waals surface area contributed by atoms with Crippen LogP contribution in [-0.4, -0.2) is 151 Å². The number of aliphatic hydroxyl groups is 2. The van der Waals surface area contributed by atoms with E-state index in [1.807, 2.05) is 0 Å². The molecular formula is C45H57N9O16. The molecule has 17 N–H and O–H groups in total. The van der Waals surface area contributed by atoms with E-state index in [0.717, 1.165) is 13.8 Å². The van der Waals surface area contributed by atoms with Gasteiger partial charge in [-0.1, -0.05) is 54.6 Å². The molecule has 0 aliphatic heterocycles. The molecule has 0 fully saturated rings. The van der Waals surface area contributed by atoms with Crippen molar-refractivity contribution in [2.24, 2.45) is 11.5 Å². The smallest absolute Gasteiger partial charge is 0.326 e. The molecule has 3 rings (SSSR count). The van der Waals surface area contributed by atoms with Crippen molar-refractivity contribution in [1.82, 2.24) is 37.2 Å². The van der Waals surface area contributed by atoms with Gasteiger partial charge in [0.2, 0.25) is 47.3 Å². The van der Waals surface area contributed by atoms with Crippen LogP contribution in [0.25, 0.3) is 0 Å². The number of carbonyl (C=O) groups is 10. The molecule has 3 aromatic carbocycles. The summed E-state index contributed by atoms with van der Waals surface area (Å²) in [4.78, 5) is 130. The molecule has 0 aromatic heterocycles. The number of benzene rings is 3. The van der Waals surface area contributed by atoms with E-state index in [9.17, 15) is 78.6 Å². The maximum absolute atomic E-state index is 14.1. The molecule has 0 saturated carbocycles. The lowest BCUT2D eigenvalue weighted by atomic mass is 10.0. The van der Waals surface area contributed by atoms with Crippen molar-refractivity contribution < 1.29 is 78.6 Å². The van der Waals surface area contributed by atoms with Gasteiger partial charge >= 0.3 is 11.9 Å². The zero-order chi connectivity index (χ0) is 52.2. The van der Waals surface area contributed by atoms with Crippen LogP contribution in [0.15, 0.2) is 78.9 Å². The fourth-order valence-electron chi connectivity index (χ4n) is 6.64. The quantitative estimate of drug-likeness (QED) is 0.0343. The van der Waals surface area contributed by atoms with Crippen LogP contribution in [0.3, 0.4) is 0 Å². The van der Waals surface area contributed by atoms with Gasteiger partial charge in [-0.2, -0.15) is 0 Å². The van der Waals surface area contributed by atoms with Crippen molar-refractivity contribution in [1.29, 1.82) is 0 Å². The monoisotopic (exact) mass is 979 g/mol. The molecule has 0 saturated heterocycles. The molecule has 0 bridgehead atoms. The van der Waals surface area contributed by atoms with E-state index in [2.05, 4.69) is 37.2 Å². The molecule has 0 heterocycles. The van der Waals surface area contributed by atoms with Gasteiger partial charge in [-0.3, -0.25) is 43.2 Å².